The first-order valence-corrected chi connectivity index (χ1v) is 11.7. The number of carbonyl (C=O) groups is 1. The van der Waals surface area contributed by atoms with E-state index >= 15 is 0 Å². The average Bonchev–Trinajstić information content (AvgIpc) is 3.36. The van der Waals surface area contributed by atoms with Crippen molar-refractivity contribution in [1.82, 2.24) is 9.66 Å². The van der Waals surface area contributed by atoms with Crippen molar-refractivity contribution in [2.75, 3.05) is 13.7 Å². The lowest BCUT2D eigenvalue weighted by Gasteiger charge is -2.14. The van der Waals surface area contributed by atoms with Gasteiger partial charge >= 0.3 is 5.97 Å². The molecule has 1 N–H and O–H groups in total. The molecule has 0 saturated heterocycles. The maximum Gasteiger partial charge on any atom is 0.341 e. The number of benzene rings is 3. The van der Waals surface area contributed by atoms with Gasteiger partial charge in [-0.3, -0.25) is 4.79 Å². The molecule has 38 heavy (non-hydrogen) atoms. The van der Waals surface area contributed by atoms with Gasteiger partial charge in [0.1, 0.15) is 5.58 Å². The third-order valence-electron chi connectivity index (χ3n) is 5.80. The second kappa shape index (κ2) is 10.4. The molecule has 9 nitrogen and oxygen atoms in total. The lowest BCUT2D eigenvalue weighted by Crippen LogP contribution is -2.20. The quantitative estimate of drug-likeness (QED) is 0.222. The third-order valence-corrected chi connectivity index (χ3v) is 5.80. The number of rotatable bonds is 9. The Hall–Kier alpha value is -5.18. The number of allylic oxidation sites excluding steroid dienone is 1. The monoisotopic (exact) mass is 509 g/mol. The Morgan fingerprint density at radius 2 is 1.95 bits per heavy atom. The standard InChI is InChI=1S/C29H23N3O6/c1-3-8-20-13-18(14-24(36-2)27(20)37-17-26(33)34)16-30-32-28(25-15-19-9-4-7-12-23(19)38-25)31-22-11-6-5-10-21(22)29(32)35/h3-7,9-16H,1,8,17H2,2H3,(H,33,34). The molecule has 0 saturated carbocycles. The van der Waals surface area contributed by atoms with Crippen LogP contribution in [0.3, 0.4) is 0 Å². The highest BCUT2D eigenvalue weighted by Gasteiger charge is 2.17. The molecule has 0 atom stereocenters. The van der Waals surface area contributed by atoms with E-state index in [0.29, 0.717) is 51.3 Å². The molecule has 0 amide bonds. The highest BCUT2D eigenvalue weighted by atomic mass is 16.5. The van der Waals surface area contributed by atoms with Crippen LogP contribution in [0.25, 0.3) is 33.5 Å². The molecule has 0 spiro atoms. The molecule has 190 valence electrons. The van der Waals surface area contributed by atoms with Gasteiger partial charge in [0, 0.05) is 10.9 Å². The van der Waals surface area contributed by atoms with Crippen molar-refractivity contribution in [3.63, 3.8) is 0 Å². The number of carboxylic acid groups (broad SMARTS) is 1. The van der Waals surface area contributed by atoms with E-state index in [1.54, 1.807) is 36.4 Å². The summed E-state index contributed by atoms with van der Waals surface area (Å²) >= 11 is 0. The molecule has 0 unspecified atom stereocenters. The maximum absolute atomic E-state index is 13.5. The van der Waals surface area contributed by atoms with Crippen LogP contribution in [0.4, 0.5) is 0 Å². The summed E-state index contributed by atoms with van der Waals surface area (Å²) in [7, 11) is 1.46. The zero-order valence-corrected chi connectivity index (χ0v) is 20.5. The molecule has 0 aliphatic carbocycles. The van der Waals surface area contributed by atoms with Gasteiger partial charge in [0.2, 0.25) is 5.82 Å². The first-order chi connectivity index (χ1) is 18.5. The molecule has 9 heteroatoms. The summed E-state index contributed by atoms with van der Waals surface area (Å²) in [5.74, 6) is 0.172. The Balaban J connectivity index is 1.65. The van der Waals surface area contributed by atoms with Gasteiger partial charge < -0.3 is 19.0 Å². The van der Waals surface area contributed by atoms with Crippen molar-refractivity contribution in [2.45, 2.75) is 6.42 Å². The number of hydrogen-bond acceptors (Lipinski definition) is 7. The number of furan rings is 1. The minimum atomic E-state index is -1.11. The number of ether oxygens (including phenoxy) is 2. The largest absolute Gasteiger partial charge is 0.493 e. The van der Waals surface area contributed by atoms with Crippen molar-refractivity contribution in [3.05, 3.63) is 101 Å². The van der Waals surface area contributed by atoms with Crippen molar-refractivity contribution < 1.29 is 23.8 Å². The van der Waals surface area contributed by atoms with E-state index in [2.05, 4.69) is 11.7 Å². The predicted molar refractivity (Wildman–Crippen MR) is 144 cm³/mol. The van der Waals surface area contributed by atoms with Crippen LogP contribution < -0.4 is 15.0 Å². The molecule has 5 rings (SSSR count). The Labute approximate surface area is 216 Å². The minimum Gasteiger partial charge on any atom is -0.493 e. The Bertz CT molecular complexity index is 1730. The van der Waals surface area contributed by atoms with Gasteiger partial charge in [0.15, 0.2) is 23.9 Å². The second-order valence-electron chi connectivity index (χ2n) is 8.35. The summed E-state index contributed by atoms with van der Waals surface area (Å²) in [4.78, 5) is 29.2. The summed E-state index contributed by atoms with van der Waals surface area (Å²) < 4.78 is 18.1. The summed E-state index contributed by atoms with van der Waals surface area (Å²) in [5, 5.41) is 14.8. The van der Waals surface area contributed by atoms with E-state index in [-0.39, 0.29) is 11.4 Å². The topological polar surface area (TPSA) is 116 Å². The molecule has 0 aliphatic rings. The zero-order valence-electron chi connectivity index (χ0n) is 20.5. The molecule has 2 heterocycles. The lowest BCUT2D eigenvalue weighted by molar-refractivity contribution is -0.139. The van der Waals surface area contributed by atoms with E-state index in [0.717, 1.165) is 5.39 Å². The zero-order chi connectivity index (χ0) is 26.6. The Kier molecular flexibility index (Phi) is 6.73. The third kappa shape index (κ3) is 4.77. The van der Waals surface area contributed by atoms with Gasteiger partial charge in [-0.25, -0.2) is 9.78 Å². The van der Waals surface area contributed by atoms with Gasteiger partial charge in [-0.2, -0.15) is 9.78 Å². The molecule has 2 aromatic heterocycles. The fraction of sp³-hybridized carbons (Fsp3) is 0.103. The first kappa shape index (κ1) is 24.5. The number of aromatic nitrogens is 2. The van der Waals surface area contributed by atoms with E-state index in [9.17, 15) is 9.59 Å². The van der Waals surface area contributed by atoms with Gasteiger partial charge in [-0.15, -0.1) is 6.58 Å². The highest BCUT2D eigenvalue weighted by Crippen LogP contribution is 2.33. The normalized spacial score (nSPS) is 11.3. The lowest BCUT2D eigenvalue weighted by atomic mass is 10.1. The summed E-state index contributed by atoms with van der Waals surface area (Å²) in [5.41, 5.74) is 2.08. The molecule has 5 aromatic rings. The molecular weight excluding hydrogens is 486 g/mol. The van der Waals surface area contributed by atoms with E-state index in [1.807, 2.05) is 36.4 Å². The summed E-state index contributed by atoms with van der Waals surface area (Å²) in [6, 6.07) is 19.8. The van der Waals surface area contributed by atoms with Crippen LogP contribution in [0.1, 0.15) is 11.1 Å². The maximum atomic E-state index is 13.5. The van der Waals surface area contributed by atoms with Crippen LogP contribution in [0.15, 0.2) is 93.7 Å². The van der Waals surface area contributed by atoms with Crippen molar-refractivity contribution in [2.24, 2.45) is 5.10 Å². The van der Waals surface area contributed by atoms with Gasteiger partial charge in [0.25, 0.3) is 5.56 Å². The molecule has 3 aromatic carbocycles. The van der Waals surface area contributed by atoms with Crippen molar-refractivity contribution in [1.29, 1.82) is 0 Å². The molecule has 0 fully saturated rings. The molecular formula is C29H23N3O6. The van der Waals surface area contributed by atoms with E-state index in [1.165, 1.54) is 18.0 Å². The van der Waals surface area contributed by atoms with Gasteiger partial charge in [-0.05, 0) is 48.4 Å². The minimum absolute atomic E-state index is 0.251. The van der Waals surface area contributed by atoms with Gasteiger partial charge in [-0.1, -0.05) is 36.4 Å². The summed E-state index contributed by atoms with van der Waals surface area (Å²) in [6.45, 7) is 3.24. The predicted octanol–water partition coefficient (Wildman–Crippen LogP) is 4.89. The first-order valence-electron chi connectivity index (χ1n) is 11.7. The van der Waals surface area contributed by atoms with E-state index in [4.69, 9.17) is 24.0 Å². The van der Waals surface area contributed by atoms with Crippen LogP contribution >= 0.6 is 0 Å². The van der Waals surface area contributed by atoms with Crippen LogP contribution in [0.5, 0.6) is 11.5 Å². The smallest absolute Gasteiger partial charge is 0.341 e. The van der Waals surface area contributed by atoms with Crippen LogP contribution in [-0.4, -0.2) is 40.7 Å². The number of aliphatic carboxylic acids is 1. The molecule has 0 bridgehead atoms. The molecule has 0 aliphatic heterocycles. The highest BCUT2D eigenvalue weighted by molar-refractivity contribution is 5.85. The Morgan fingerprint density at radius 1 is 1.16 bits per heavy atom. The number of hydrogen-bond donors (Lipinski definition) is 1. The number of methoxy groups -OCH3 is 1. The van der Waals surface area contributed by atoms with E-state index < -0.39 is 12.6 Å². The van der Waals surface area contributed by atoms with Crippen molar-refractivity contribution in [3.8, 4) is 23.1 Å². The fourth-order valence-electron chi connectivity index (χ4n) is 4.12. The number of para-hydroxylation sites is 2. The fourth-order valence-corrected chi connectivity index (χ4v) is 4.12. The van der Waals surface area contributed by atoms with Crippen LogP contribution in [0.2, 0.25) is 0 Å². The second-order valence-corrected chi connectivity index (χ2v) is 8.35. The SMILES string of the molecule is C=CCc1cc(C=Nn2c(-c3cc4ccccc4o3)nc3ccccc3c2=O)cc(OC)c1OCC(=O)O. The number of nitrogens with zero attached hydrogens (tertiary/aromatic N) is 3. The summed E-state index contributed by atoms with van der Waals surface area (Å²) in [6.07, 6.45) is 3.57. The van der Waals surface area contributed by atoms with Crippen LogP contribution in [0, 0.1) is 0 Å². The van der Waals surface area contributed by atoms with Crippen LogP contribution in [-0.2, 0) is 11.2 Å². The number of carboxylic acids is 1. The molecule has 0 radical (unpaired) electrons. The Morgan fingerprint density at radius 3 is 2.71 bits per heavy atom. The van der Waals surface area contributed by atoms with Crippen molar-refractivity contribution >= 4 is 34.1 Å². The number of fused-ring (bicyclic) bond motifs is 2. The average molecular weight is 510 g/mol. The van der Waals surface area contributed by atoms with Gasteiger partial charge in [0.05, 0.1) is 24.2 Å².